The van der Waals surface area contributed by atoms with Crippen LogP contribution in [0.2, 0.25) is 0 Å². The van der Waals surface area contributed by atoms with Gasteiger partial charge in [0.25, 0.3) is 0 Å². The van der Waals surface area contributed by atoms with Crippen molar-refractivity contribution < 1.29 is 12.8 Å². The summed E-state index contributed by atoms with van der Waals surface area (Å²) in [7, 11) is -3.74. The highest BCUT2D eigenvalue weighted by molar-refractivity contribution is 7.89. The number of nitrogens with two attached hydrogens (primary N) is 1. The average molecular weight is 312 g/mol. The van der Waals surface area contributed by atoms with Gasteiger partial charge in [0.2, 0.25) is 10.0 Å². The van der Waals surface area contributed by atoms with E-state index in [9.17, 15) is 8.42 Å². The van der Waals surface area contributed by atoms with E-state index < -0.39 is 16.1 Å². The van der Waals surface area contributed by atoms with Gasteiger partial charge in [0.1, 0.15) is 16.4 Å². The van der Waals surface area contributed by atoms with Crippen molar-refractivity contribution in [3.05, 3.63) is 29.9 Å². The van der Waals surface area contributed by atoms with Crippen molar-refractivity contribution in [3.63, 3.8) is 0 Å². The molecule has 0 aliphatic rings. The molecule has 0 fully saturated rings. The Morgan fingerprint density at radius 2 is 2.19 bits per heavy atom. The number of sulfonamides is 1. The van der Waals surface area contributed by atoms with Crippen LogP contribution in [0.1, 0.15) is 37.8 Å². The maximum Gasteiger partial charge on any atom is 0.246 e. The number of nitrogens with zero attached hydrogens (tertiary/aromatic N) is 2. The Hall–Kier alpha value is -1.80. The van der Waals surface area contributed by atoms with Gasteiger partial charge in [-0.25, -0.2) is 13.1 Å². The standard InChI is InChI=1S/C13H20N4O3S/c1-4-7-17-8-12(13(14)15-17)21(18,19)16-10(3)11-6-5-9(2)20-11/h5-6,8,10,16H,4,7H2,1-3H3,(H2,14,15). The van der Waals surface area contributed by atoms with Crippen molar-refractivity contribution in [2.45, 2.75) is 44.7 Å². The van der Waals surface area contributed by atoms with Crippen LogP contribution in [0.5, 0.6) is 0 Å². The van der Waals surface area contributed by atoms with Gasteiger partial charge in [-0.3, -0.25) is 4.68 Å². The van der Waals surface area contributed by atoms with Crippen LogP contribution < -0.4 is 10.5 Å². The van der Waals surface area contributed by atoms with Crippen molar-refractivity contribution in [2.75, 3.05) is 5.73 Å². The number of hydrogen-bond donors (Lipinski definition) is 2. The molecular weight excluding hydrogens is 292 g/mol. The molecular formula is C13H20N4O3S. The van der Waals surface area contributed by atoms with Gasteiger partial charge < -0.3 is 10.2 Å². The van der Waals surface area contributed by atoms with E-state index in [1.165, 1.54) is 10.9 Å². The van der Waals surface area contributed by atoms with Crippen LogP contribution >= 0.6 is 0 Å². The number of aromatic nitrogens is 2. The fraction of sp³-hybridized carbons (Fsp3) is 0.462. The second kappa shape index (κ2) is 5.90. The number of hydrogen-bond acceptors (Lipinski definition) is 5. The molecule has 1 unspecified atom stereocenters. The fourth-order valence-corrected chi connectivity index (χ4v) is 3.29. The SMILES string of the molecule is CCCn1cc(S(=O)(=O)NC(C)c2ccc(C)o2)c(N)n1. The summed E-state index contributed by atoms with van der Waals surface area (Å²) in [6.07, 6.45) is 2.29. The second-order valence-electron chi connectivity index (χ2n) is 4.93. The molecule has 0 bridgehead atoms. The smallest absolute Gasteiger partial charge is 0.246 e. The van der Waals surface area contributed by atoms with E-state index in [1.54, 1.807) is 26.0 Å². The summed E-state index contributed by atoms with van der Waals surface area (Å²) in [4.78, 5) is -0.00826. The summed E-state index contributed by atoms with van der Waals surface area (Å²) in [5, 5.41) is 4.00. The van der Waals surface area contributed by atoms with Crippen molar-refractivity contribution in [3.8, 4) is 0 Å². The predicted octanol–water partition coefficient (Wildman–Crippen LogP) is 1.82. The molecule has 2 aromatic heterocycles. The quantitative estimate of drug-likeness (QED) is 0.846. The van der Waals surface area contributed by atoms with E-state index in [2.05, 4.69) is 9.82 Å². The molecule has 7 nitrogen and oxygen atoms in total. The largest absolute Gasteiger partial charge is 0.465 e. The van der Waals surface area contributed by atoms with Crippen LogP contribution in [0.25, 0.3) is 0 Å². The van der Waals surface area contributed by atoms with Crippen LogP contribution in [0.15, 0.2) is 27.6 Å². The summed E-state index contributed by atoms with van der Waals surface area (Å²) in [6.45, 7) is 6.11. The molecule has 0 saturated carbocycles. The molecule has 0 aromatic carbocycles. The lowest BCUT2D eigenvalue weighted by Crippen LogP contribution is -2.27. The highest BCUT2D eigenvalue weighted by atomic mass is 32.2. The van der Waals surface area contributed by atoms with Gasteiger partial charge in [0.05, 0.1) is 6.04 Å². The van der Waals surface area contributed by atoms with Crippen molar-refractivity contribution in [1.82, 2.24) is 14.5 Å². The Kier molecular flexibility index (Phi) is 4.38. The number of anilines is 1. The van der Waals surface area contributed by atoms with E-state index in [0.717, 1.165) is 12.2 Å². The highest BCUT2D eigenvalue weighted by Gasteiger charge is 2.24. The summed E-state index contributed by atoms with van der Waals surface area (Å²) >= 11 is 0. The Morgan fingerprint density at radius 1 is 1.48 bits per heavy atom. The minimum absolute atomic E-state index is 0.00113. The van der Waals surface area contributed by atoms with E-state index in [-0.39, 0.29) is 10.7 Å². The zero-order chi connectivity index (χ0) is 15.6. The van der Waals surface area contributed by atoms with Crippen molar-refractivity contribution in [2.24, 2.45) is 0 Å². The monoisotopic (exact) mass is 312 g/mol. The Bertz CT molecular complexity index is 718. The van der Waals surface area contributed by atoms with Crippen LogP contribution in [0.4, 0.5) is 5.82 Å². The zero-order valence-corrected chi connectivity index (χ0v) is 13.1. The Labute approximate surface area is 124 Å². The molecule has 1 atom stereocenters. The van der Waals surface area contributed by atoms with Gasteiger partial charge in [-0.15, -0.1) is 0 Å². The van der Waals surface area contributed by atoms with Crippen LogP contribution in [-0.2, 0) is 16.6 Å². The van der Waals surface area contributed by atoms with Crippen molar-refractivity contribution >= 4 is 15.8 Å². The second-order valence-corrected chi connectivity index (χ2v) is 6.62. The van der Waals surface area contributed by atoms with Crippen LogP contribution in [-0.4, -0.2) is 18.2 Å². The van der Waals surface area contributed by atoms with Gasteiger partial charge >= 0.3 is 0 Å². The summed E-state index contributed by atoms with van der Waals surface area (Å²) in [6, 6.07) is 3.04. The minimum Gasteiger partial charge on any atom is -0.465 e. The molecule has 2 rings (SSSR count). The van der Waals surface area contributed by atoms with Crippen molar-refractivity contribution in [1.29, 1.82) is 0 Å². The van der Waals surface area contributed by atoms with Crippen LogP contribution in [0.3, 0.4) is 0 Å². The third-order valence-corrected chi connectivity index (χ3v) is 4.57. The Balaban J connectivity index is 2.22. The molecule has 116 valence electrons. The highest BCUT2D eigenvalue weighted by Crippen LogP contribution is 2.21. The predicted molar refractivity (Wildman–Crippen MR) is 79.1 cm³/mol. The third kappa shape index (κ3) is 3.45. The minimum atomic E-state index is -3.74. The first kappa shape index (κ1) is 15.6. The maximum absolute atomic E-state index is 12.4. The maximum atomic E-state index is 12.4. The topological polar surface area (TPSA) is 103 Å². The van der Waals surface area contributed by atoms with Gasteiger partial charge in [0.15, 0.2) is 5.82 Å². The Morgan fingerprint density at radius 3 is 2.76 bits per heavy atom. The van der Waals surface area contributed by atoms with Gasteiger partial charge in [0, 0.05) is 12.7 Å². The first-order valence-corrected chi connectivity index (χ1v) is 8.23. The number of aryl methyl sites for hydroxylation is 2. The molecule has 0 radical (unpaired) electrons. The number of furan rings is 1. The summed E-state index contributed by atoms with van der Waals surface area (Å²) < 4.78 is 34.2. The van der Waals surface area contributed by atoms with E-state index in [0.29, 0.717) is 12.3 Å². The van der Waals surface area contributed by atoms with Gasteiger partial charge in [-0.2, -0.15) is 5.10 Å². The van der Waals surface area contributed by atoms with E-state index in [4.69, 9.17) is 10.2 Å². The first-order chi connectivity index (χ1) is 9.83. The molecule has 21 heavy (non-hydrogen) atoms. The molecule has 2 aromatic rings. The number of rotatable bonds is 6. The van der Waals surface area contributed by atoms with E-state index in [1.807, 2.05) is 6.92 Å². The lowest BCUT2D eigenvalue weighted by Gasteiger charge is -2.11. The van der Waals surface area contributed by atoms with Gasteiger partial charge in [-0.05, 0) is 32.4 Å². The summed E-state index contributed by atoms with van der Waals surface area (Å²) in [5.74, 6) is 1.28. The zero-order valence-electron chi connectivity index (χ0n) is 12.3. The lowest BCUT2D eigenvalue weighted by atomic mass is 10.3. The average Bonchev–Trinajstić information content (AvgIpc) is 2.96. The number of nitrogen functional groups attached to an aromatic ring is 1. The first-order valence-electron chi connectivity index (χ1n) is 6.75. The van der Waals surface area contributed by atoms with E-state index >= 15 is 0 Å². The molecule has 0 aliphatic heterocycles. The lowest BCUT2D eigenvalue weighted by molar-refractivity contribution is 0.441. The fourth-order valence-electron chi connectivity index (χ4n) is 2.01. The molecule has 8 heteroatoms. The van der Waals surface area contributed by atoms with Crippen LogP contribution in [0, 0.1) is 6.92 Å². The molecule has 0 aliphatic carbocycles. The molecule has 0 saturated heterocycles. The number of nitrogens with one attached hydrogen (secondary N) is 1. The normalized spacial score (nSPS) is 13.5. The molecule has 2 heterocycles. The summed E-state index contributed by atoms with van der Waals surface area (Å²) in [5.41, 5.74) is 5.70. The molecule has 3 N–H and O–H groups in total. The molecule has 0 spiro atoms. The third-order valence-electron chi connectivity index (χ3n) is 3.02. The molecule has 0 amide bonds. The van der Waals surface area contributed by atoms with Gasteiger partial charge in [-0.1, -0.05) is 6.92 Å².